The molecule has 0 aromatic heterocycles. The zero-order valence-electron chi connectivity index (χ0n) is 8.22. The van der Waals surface area contributed by atoms with Gasteiger partial charge in [0.1, 0.15) is 0 Å². The number of aliphatic hydroxyl groups is 1. The van der Waals surface area contributed by atoms with Crippen molar-refractivity contribution >= 4 is 0 Å². The lowest BCUT2D eigenvalue weighted by atomic mass is 9.78. The maximum Gasteiger partial charge on any atom is 0.0625 e. The van der Waals surface area contributed by atoms with Crippen molar-refractivity contribution in [3.05, 3.63) is 23.8 Å². The molecular formula is C11H18O. The highest BCUT2D eigenvalue weighted by atomic mass is 16.3. The van der Waals surface area contributed by atoms with Gasteiger partial charge in [0.05, 0.1) is 5.60 Å². The third-order valence-electron chi connectivity index (χ3n) is 2.76. The van der Waals surface area contributed by atoms with Crippen LogP contribution in [-0.2, 0) is 0 Å². The Morgan fingerprint density at radius 1 is 1.58 bits per heavy atom. The summed E-state index contributed by atoms with van der Waals surface area (Å²) < 4.78 is 0. The molecule has 0 spiro atoms. The number of rotatable bonds is 1. The molecule has 1 atom stereocenters. The molecule has 0 aromatic rings. The van der Waals surface area contributed by atoms with Crippen molar-refractivity contribution in [1.29, 1.82) is 0 Å². The van der Waals surface area contributed by atoms with Gasteiger partial charge in [0.2, 0.25) is 0 Å². The molecule has 0 saturated carbocycles. The third-order valence-corrected chi connectivity index (χ3v) is 2.76. The Kier molecular flexibility index (Phi) is 2.43. The van der Waals surface area contributed by atoms with E-state index >= 15 is 0 Å². The van der Waals surface area contributed by atoms with Gasteiger partial charge >= 0.3 is 0 Å². The van der Waals surface area contributed by atoms with Crippen LogP contribution in [0.3, 0.4) is 0 Å². The van der Waals surface area contributed by atoms with E-state index in [0.717, 1.165) is 12.8 Å². The molecule has 0 radical (unpaired) electrons. The molecule has 1 nitrogen and oxygen atoms in total. The second kappa shape index (κ2) is 3.06. The summed E-state index contributed by atoms with van der Waals surface area (Å²) >= 11 is 0. The number of hydrogen-bond donors (Lipinski definition) is 1. The van der Waals surface area contributed by atoms with Crippen LogP contribution in [0.15, 0.2) is 23.8 Å². The first-order chi connectivity index (χ1) is 5.41. The first kappa shape index (κ1) is 9.53. The van der Waals surface area contributed by atoms with Crippen molar-refractivity contribution in [2.24, 2.45) is 5.92 Å². The Hall–Kier alpha value is -0.560. The zero-order chi connectivity index (χ0) is 9.35. The molecule has 0 amide bonds. The molecule has 0 saturated heterocycles. The Bertz CT molecular complexity index is 218. The minimum Gasteiger partial charge on any atom is -0.390 e. The van der Waals surface area contributed by atoms with E-state index in [4.69, 9.17) is 0 Å². The van der Waals surface area contributed by atoms with Crippen LogP contribution in [0.25, 0.3) is 0 Å². The fourth-order valence-electron chi connectivity index (χ4n) is 1.54. The fraction of sp³-hybridized carbons (Fsp3) is 0.636. The SMILES string of the molecule is C=C1CC(C(C)(C)O)CC=C1C. The normalized spacial score (nSPS) is 25.5. The van der Waals surface area contributed by atoms with E-state index in [1.807, 2.05) is 13.8 Å². The van der Waals surface area contributed by atoms with Crippen LogP contribution >= 0.6 is 0 Å². The minimum atomic E-state index is -0.569. The Morgan fingerprint density at radius 3 is 2.58 bits per heavy atom. The number of allylic oxidation sites excluding steroid dienone is 3. The molecule has 1 unspecified atom stereocenters. The molecule has 68 valence electrons. The molecule has 0 fully saturated rings. The number of hydrogen-bond acceptors (Lipinski definition) is 1. The molecule has 0 heterocycles. The van der Waals surface area contributed by atoms with Crippen molar-refractivity contribution in [1.82, 2.24) is 0 Å². The van der Waals surface area contributed by atoms with E-state index in [1.54, 1.807) is 0 Å². The lowest BCUT2D eigenvalue weighted by Crippen LogP contribution is -2.32. The lowest BCUT2D eigenvalue weighted by molar-refractivity contribution is 0.0172. The van der Waals surface area contributed by atoms with Gasteiger partial charge in [-0.25, -0.2) is 0 Å². The van der Waals surface area contributed by atoms with Crippen LogP contribution in [0.5, 0.6) is 0 Å². The van der Waals surface area contributed by atoms with Gasteiger partial charge in [0, 0.05) is 0 Å². The molecular weight excluding hydrogens is 148 g/mol. The van der Waals surface area contributed by atoms with Gasteiger partial charge in [-0.2, -0.15) is 0 Å². The van der Waals surface area contributed by atoms with Gasteiger partial charge in [-0.3, -0.25) is 0 Å². The summed E-state index contributed by atoms with van der Waals surface area (Å²) in [6, 6.07) is 0. The maximum atomic E-state index is 9.78. The summed E-state index contributed by atoms with van der Waals surface area (Å²) in [6.07, 6.45) is 4.09. The summed E-state index contributed by atoms with van der Waals surface area (Å²) in [4.78, 5) is 0. The fourth-order valence-corrected chi connectivity index (χ4v) is 1.54. The largest absolute Gasteiger partial charge is 0.390 e. The van der Waals surface area contributed by atoms with Crippen LogP contribution in [0, 0.1) is 5.92 Å². The molecule has 1 rings (SSSR count). The van der Waals surface area contributed by atoms with Crippen LogP contribution in [-0.4, -0.2) is 10.7 Å². The molecule has 1 N–H and O–H groups in total. The van der Waals surface area contributed by atoms with Crippen LogP contribution in [0.4, 0.5) is 0 Å². The van der Waals surface area contributed by atoms with Crippen molar-refractivity contribution in [2.45, 2.75) is 39.2 Å². The third kappa shape index (κ3) is 1.98. The molecule has 1 aliphatic carbocycles. The van der Waals surface area contributed by atoms with Gasteiger partial charge in [-0.05, 0) is 39.5 Å². The van der Waals surface area contributed by atoms with Gasteiger partial charge in [-0.1, -0.05) is 23.8 Å². The summed E-state index contributed by atoms with van der Waals surface area (Å²) in [5.41, 5.74) is 1.89. The average molecular weight is 166 g/mol. The molecule has 1 aliphatic rings. The van der Waals surface area contributed by atoms with Crippen molar-refractivity contribution < 1.29 is 5.11 Å². The standard InChI is InChI=1S/C11H18O/c1-8-5-6-10(7-9(8)2)11(3,4)12/h5,10,12H,2,6-7H2,1,3-4H3. The Morgan fingerprint density at radius 2 is 2.17 bits per heavy atom. The van der Waals surface area contributed by atoms with Crippen LogP contribution in [0.2, 0.25) is 0 Å². The zero-order valence-corrected chi connectivity index (χ0v) is 8.22. The van der Waals surface area contributed by atoms with Crippen molar-refractivity contribution in [2.75, 3.05) is 0 Å². The molecule has 0 bridgehead atoms. The predicted octanol–water partition coefficient (Wildman–Crippen LogP) is 2.67. The Labute approximate surface area is 74.8 Å². The first-order valence-corrected chi connectivity index (χ1v) is 4.48. The highest BCUT2D eigenvalue weighted by Gasteiger charge is 2.28. The first-order valence-electron chi connectivity index (χ1n) is 4.48. The molecule has 0 aromatic carbocycles. The molecule has 12 heavy (non-hydrogen) atoms. The Balaban J connectivity index is 2.72. The minimum absolute atomic E-state index is 0.341. The summed E-state index contributed by atoms with van der Waals surface area (Å²) in [6.45, 7) is 9.81. The highest BCUT2D eigenvalue weighted by Crippen LogP contribution is 2.33. The molecule has 1 heteroatoms. The van der Waals surface area contributed by atoms with Gasteiger partial charge in [0.25, 0.3) is 0 Å². The maximum absolute atomic E-state index is 9.78. The van der Waals surface area contributed by atoms with Crippen LogP contribution in [0.1, 0.15) is 33.6 Å². The summed E-state index contributed by atoms with van der Waals surface area (Å²) in [7, 11) is 0. The summed E-state index contributed by atoms with van der Waals surface area (Å²) in [5, 5.41) is 9.78. The van der Waals surface area contributed by atoms with Gasteiger partial charge < -0.3 is 5.11 Å². The predicted molar refractivity (Wildman–Crippen MR) is 51.9 cm³/mol. The quantitative estimate of drug-likeness (QED) is 0.635. The smallest absolute Gasteiger partial charge is 0.0625 e. The van der Waals surface area contributed by atoms with Crippen molar-refractivity contribution in [3.63, 3.8) is 0 Å². The van der Waals surface area contributed by atoms with E-state index in [-0.39, 0.29) is 0 Å². The molecule has 0 aliphatic heterocycles. The van der Waals surface area contributed by atoms with Gasteiger partial charge in [0.15, 0.2) is 0 Å². The van der Waals surface area contributed by atoms with E-state index in [1.165, 1.54) is 11.1 Å². The van der Waals surface area contributed by atoms with Crippen LogP contribution < -0.4 is 0 Å². The second-order valence-electron chi connectivity index (χ2n) is 4.28. The lowest BCUT2D eigenvalue weighted by Gasteiger charge is -2.32. The van der Waals surface area contributed by atoms with Gasteiger partial charge in [-0.15, -0.1) is 0 Å². The average Bonchev–Trinajstić information content (AvgIpc) is 1.92. The van der Waals surface area contributed by atoms with E-state index in [9.17, 15) is 5.11 Å². The highest BCUT2D eigenvalue weighted by molar-refractivity contribution is 5.29. The van der Waals surface area contributed by atoms with E-state index in [0.29, 0.717) is 5.92 Å². The van der Waals surface area contributed by atoms with Crippen molar-refractivity contribution in [3.8, 4) is 0 Å². The summed E-state index contributed by atoms with van der Waals surface area (Å²) in [5.74, 6) is 0.341. The van der Waals surface area contributed by atoms with E-state index < -0.39 is 5.60 Å². The monoisotopic (exact) mass is 166 g/mol. The van der Waals surface area contributed by atoms with E-state index in [2.05, 4.69) is 19.6 Å². The second-order valence-corrected chi connectivity index (χ2v) is 4.28. The topological polar surface area (TPSA) is 20.2 Å².